The zero-order valence-electron chi connectivity index (χ0n) is 11.9. The Morgan fingerprint density at radius 1 is 1.38 bits per heavy atom. The number of rotatable bonds is 5. The minimum absolute atomic E-state index is 0.0785. The summed E-state index contributed by atoms with van der Waals surface area (Å²) in [5.74, 6) is 1.33. The third-order valence-corrected chi connectivity index (χ3v) is 3.71. The standard InChI is InChI=1S/C16H17NO4/c1-19-14-7-3-6-12(8-14)15-9-13(17-21-15)10-20-16(18)11-4-2-5-11/h3,6-9,11H,2,4-5,10H2,1H3. The third kappa shape index (κ3) is 3.07. The lowest BCUT2D eigenvalue weighted by atomic mass is 9.86. The van der Waals surface area contributed by atoms with Gasteiger partial charge in [-0.3, -0.25) is 4.79 Å². The second-order valence-electron chi connectivity index (χ2n) is 5.15. The van der Waals surface area contributed by atoms with E-state index in [0.717, 1.165) is 30.6 Å². The van der Waals surface area contributed by atoms with Crippen LogP contribution in [0.15, 0.2) is 34.9 Å². The predicted molar refractivity (Wildman–Crippen MR) is 75.6 cm³/mol. The van der Waals surface area contributed by atoms with Gasteiger partial charge in [-0.1, -0.05) is 23.7 Å². The third-order valence-electron chi connectivity index (χ3n) is 3.71. The van der Waals surface area contributed by atoms with Gasteiger partial charge >= 0.3 is 5.97 Å². The van der Waals surface area contributed by atoms with Gasteiger partial charge in [0.1, 0.15) is 18.1 Å². The molecule has 2 aromatic rings. The summed E-state index contributed by atoms with van der Waals surface area (Å²) < 4.78 is 15.7. The first kappa shape index (κ1) is 13.7. The van der Waals surface area contributed by atoms with Crippen LogP contribution in [0.1, 0.15) is 25.0 Å². The van der Waals surface area contributed by atoms with Crippen molar-refractivity contribution >= 4 is 5.97 Å². The molecule has 1 aliphatic carbocycles. The molecule has 0 aliphatic heterocycles. The van der Waals surface area contributed by atoms with Gasteiger partial charge in [-0.05, 0) is 25.0 Å². The van der Waals surface area contributed by atoms with Gasteiger partial charge in [0.2, 0.25) is 0 Å². The highest BCUT2D eigenvalue weighted by Gasteiger charge is 2.26. The van der Waals surface area contributed by atoms with Crippen molar-refractivity contribution in [1.82, 2.24) is 5.16 Å². The van der Waals surface area contributed by atoms with Crippen LogP contribution in [0.3, 0.4) is 0 Å². The van der Waals surface area contributed by atoms with Gasteiger partial charge in [0, 0.05) is 11.6 Å². The molecule has 3 rings (SSSR count). The lowest BCUT2D eigenvalue weighted by Gasteiger charge is -2.22. The molecule has 0 saturated heterocycles. The monoisotopic (exact) mass is 287 g/mol. The summed E-state index contributed by atoms with van der Waals surface area (Å²) in [6.45, 7) is 0.156. The number of benzene rings is 1. The first-order valence-corrected chi connectivity index (χ1v) is 7.03. The molecule has 0 radical (unpaired) electrons. The Hall–Kier alpha value is -2.30. The van der Waals surface area contributed by atoms with Crippen molar-refractivity contribution < 1.29 is 18.8 Å². The van der Waals surface area contributed by atoms with E-state index >= 15 is 0 Å². The van der Waals surface area contributed by atoms with Crippen LogP contribution >= 0.6 is 0 Å². The van der Waals surface area contributed by atoms with Crippen LogP contribution in [0.25, 0.3) is 11.3 Å². The molecule has 0 N–H and O–H groups in total. The Kier molecular flexibility index (Phi) is 3.90. The van der Waals surface area contributed by atoms with Crippen LogP contribution in [0.2, 0.25) is 0 Å². The van der Waals surface area contributed by atoms with Crippen LogP contribution in [0.5, 0.6) is 5.75 Å². The molecule has 0 atom stereocenters. The quantitative estimate of drug-likeness (QED) is 0.790. The van der Waals surface area contributed by atoms with Crippen molar-refractivity contribution in [2.45, 2.75) is 25.9 Å². The van der Waals surface area contributed by atoms with E-state index < -0.39 is 0 Å². The number of ether oxygens (including phenoxy) is 2. The van der Waals surface area contributed by atoms with Gasteiger partial charge in [0.15, 0.2) is 5.76 Å². The summed E-state index contributed by atoms with van der Waals surface area (Å²) in [6, 6.07) is 9.30. The highest BCUT2D eigenvalue weighted by molar-refractivity contribution is 5.73. The Balaban J connectivity index is 1.63. The van der Waals surface area contributed by atoms with Gasteiger partial charge in [-0.15, -0.1) is 0 Å². The van der Waals surface area contributed by atoms with Crippen molar-refractivity contribution in [2.75, 3.05) is 7.11 Å². The summed E-state index contributed by atoms with van der Waals surface area (Å²) in [4.78, 5) is 11.7. The Labute approximate surface area is 122 Å². The predicted octanol–water partition coefficient (Wildman–Crippen LogP) is 3.19. The molecule has 0 spiro atoms. The molecular formula is C16H17NO4. The molecule has 110 valence electrons. The molecule has 1 fully saturated rings. The summed E-state index contributed by atoms with van der Waals surface area (Å²) in [5, 5.41) is 3.93. The molecule has 5 nitrogen and oxygen atoms in total. The lowest BCUT2D eigenvalue weighted by Crippen LogP contribution is -2.23. The van der Waals surface area contributed by atoms with Crippen LogP contribution < -0.4 is 4.74 Å². The molecule has 21 heavy (non-hydrogen) atoms. The Morgan fingerprint density at radius 3 is 2.95 bits per heavy atom. The van der Waals surface area contributed by atoms with E-state index in [-0.39, 0.29) is 18.5 Å². The van der Waals surface area contributed by atoms with E-state index in [1.54, 1.807) is 13.2 Å². The van der Waals surface area contributed by atoms with Crippen LogP contribution in [0, 0.1) is 5.92 Å². The lowest BCUT2D eigenvalue weighted by molar-refractivity contribution is -0.152. The second-order valence-corrected chi connectivity index (χ2v) is 5.15. The fourth-order valence-electron chi connectivity index (χ4n) is 2.20. The molecule has 1 aliphatic rings. The van der Waals surface area contributed by atoms with Gasteiger partial charge in [0.05, 0.1) is 13.0 Å². The first-order chi connectivity index (χ1) is 10.3. The van der Waals surface area contributed by atoms with E-state index in [0.29, 0.717) is 11.5 Å². The largest absolute Gasteiger partial charge is 0.497 e. The zero-order chi connectivity index (χ0) is 14.7. The van der Waals surface area contributed by atoms with Crippen LogP contribution in [-0.4, -0.2) is 18.2 Å². The Morgan fingerprint density at radius 2 is 2.24 bits per heavy atom. The smallest absolute Gasteiger partial charge is 0.309 e. The minimum Gasteiger partial charge on any atom is -0.497 e. The summed E-state index contributed by atoms with van der Waals surface area (Å²) in [6.07, 6.45) is 2.99. The van der Waals surface area contributed by atoms with E-state index in [1.807, 2.05) is 24.3 Å². The molecule has 1 aromatic heterocycles. The number of carbonyl (C=O) groups excluding carboxylic acids is 1. The topological polar surface area (TPSA) is 61.6 Å². The van der Waals surface area contributed by atoms with Crippen molar-refractivity contribution in [3.8, 4) is 17.1 Å². The average molecular weight is 287 g/mol. The normalized spacial score (nSPS) is 14.5. The van der Waals surface area contributed by atoms with Gasteiger partial charge in [-0.25, -0.2) is 0 Å². The molecule has 1 heterocycles. The van der Waals surface area contributed by atoms with Crippen molar-refractivity contribution in [3.05, 3.63) is 36.0 Å². The van der Waals surface area contributed by atoms with Crippen LogP contribution in [-0.2, 0) is 16.1 Å². The molecule has 0 bridgehead atoms. The van der Waals surface area contributed by atoms with Crippen LogP contribution in [0.4, 0.5) is 0 Å². The molecule has 0 unspecified atom stereocenters. The molecule has 1 aromatic carbocycles. The maximum Gasteiger partial charge on any atom is 0.309 e. The molecule has 5 heteroatoms. The molecular weight excluding hydrogens is 270 g/mol. The fraction of sp³-hybridized carbons (Fsp3) is 0.375. The average Bonchev–Trinajstić information content (AvgIpc) is 2.92. The second kappa shape index (κ2) is 5.99. The molecule has 0 amide bonds. The summed E-state index contributed by atoms with van der Waals surface area (Å²) in [5.41, 5.74) is 1.49. The van der Waals surface area contributed by atoms with E-state index in [9.17, 15) is 4.79 Å². The van der Waals surface area contributed by atoms with E-state index in [4.69, 9.17) is 14.0 Å². The summed E-state index contributed by atoms with van der Waals surface area (Å²) >= 11 is 0. The maximum absolute atomic E-state index is 11.7. The van der Waals surface area contributed by atoms with Crippen molar-refractivity contribution in [2.24, 2.45) is 5.92 Å². The number of hydrogen-bond donors (Lipinski definition) is 0. The van der Waals surface area contributed by atoms with Crippen molar-refractivity contribution in [1.29, 1.82) is 0 Å². The number of esters is 1. The van der Waals surface area contributed by atoms with Gasteiger partial charge in [-0.2, -0.15) is 0 Å². The number of carbonyl (C=O) groups is 1. The highest BCUT2D eigenvalue weighted by atomic mass is 16.5. The molecule has 1 saturated carbocycles. The fourth-order valence-corrected chi connectivity index (χ4v) is 2.20. The van der Waals surface area contributed by atoms with Gasteiger partial charge in [0.25, 0.3) is 0 Å². The SMILES string of the molecule is COc1cccc(-c2cc(COC(=O)C3CCC3)no2)c1. The van der Waals surface area contributed by atoms with E-state index in [1.165, 1.54) is 0 Å². The highest BCUT2D eigenvalue weighted by Crippen LogP contribution is 2.28. The zero-order valence-corrected chi connectivity index (χ0v) is 11.9. The maximum atomic E-state index is 11.7. The van der Waals surface area contributed by atoms with Crippen molar-refractivity contribution in [3.63, 3.8) is 0 Å². The first-order valence-electron chi connectivity index (χ1n) is 7.03. The minimum atomic E-state index is -0.132. The van der Waals surface area contributed by atoms with Gasteiger partial charge < -0.3 is 14.0 Å². The van der Waals surface area contributed by atoms with E-state index in [2.05, 4.69) is 5.16 Å². The number of methoxy groups -OCH3 is 1. The Bertz CT molecular complexity index is 631. The summed E-state index contributed by atoms with van der Waals surface area (Å²) in [7, 11) is 1.62. The number of aromatic nitrogens is 1. The number of nitrogens with zero attached hydrogens (tertiary/aromatic N) is 1. The number of hydrogen-bond acceptors (Lipinski definition) is 5.